The smallest absolute Gasteiger partial charge is 0.355 e. The van der Waals surface area contributed by atoms with Crippen molar-refractivity contribution in [1.29, 1.82) is 0 Å². The Balaban J connectivity index is 2.36. The number of aromatic nitrogens is 1. The molecule has 1 aromatic heterocycles. The van der Waals surface area contributed by atoms with Gasteiger partial charge in [-0.2, -0.15) is 0 Å². The molecule has 0 aliphatic heterocycles. The molecule has 0 fully saturated rings. The lowest BCUT2D eigenvalue weighted by molar-refractivity contribution is 0.0549. The number of benzene rings is 2. The molecule has 0 radical (unpaired) electrons. The van der Waals surface area contributed by atoms with Crippen molar-refractivity contribution in [1.82, 2.24) is 4.57 Å². The van der Waals surface area contributed by atoms with E-state index in [0.29, 0.717) is 16.4 Å². The topological polar surface area (TPSA) is 57.5 Å². The Morgan fingerprint density at radius 3 is 2.04 bits per heavy atom. The molecule has 0 N–H and O–H groups in total. The SMILES string of the molecule is COC(=O)c1cc(-c2ccc(C)cc2)n(-c2ccc(Cl)cc2)c1C(=O)OC. The van der Waals surface area contributed by atoms with Crippen molar-refractivity contribution in [2.45, 2.75) is 6.92 Å². The molecule has 0 aliphatic carbocycles. The van der Waals surface area contributed by atoms with Crippen LogP contribution in [0.3, 0.4) is 0 Å². The Morgan fingerprint density at radius 1 is 0.889 bits per heavy atom. The van der Waals surface area contributed by atoms with Gasteiger partial charge >= 0.3 is 11.9 Å². The van der Waals surface area contributed by atoms with E-state index in [9.17, 15) is 9.59 Å². The Hall–Kier alpha value is -3.05. The quantitative estimate of drug-likeness (QED) is 0.614. The molecule has 138 valence electrons. The van der Waals surface area contributed by atoms with E-state index >= 15 is 0 Å². The van der Waals surface area contributed by atoms with Crippen LogP contribution >= 0.6 is 11.6 Å². The zero-order chi connectivity index (χ0) is 19.6. The first-order valence-electron chi connectivity index (χ1n) is 8.21. The average molecular weight is 384 g/mol. The number of methoxy groups -OCH3 is 2. The van der Waals surface area contributed by atoms with E-state index in [1.807, 2.05) is 31.2 Å². The molecular formula is C21H18ClNO4. The van der Waals surface area contributed by atoms with Gasteiger partial charge in [0, 0.05) is 10.7 Å². The van der Waals surface area contributed by atoms with Crippen molar-refractivity contribution in [3.05, 3.63) is 76.4 Å². The number of carbonyl (C=O) groups is 2. The highest BCUT2D eigenvalue weighted by Crippen LogP contribution is 2.31. The number of hydrogen-bond acceptors (Lipinski definition) is 4. The van der Waals surface area contributed by atoms with E-state index in [4.69, 9.17) is 21.1 Å². The molecule has 0 unspecified atom stereocenters. The fraction of sp³-hybridized carbons (Fsp3) is 0.143. The lowest BCUT2D eigenvalue weighted by atomic mass is 10.1. The van der Waals surface area contributed by atoms with Gasteiger partial charge < -0.3 is 14.0 Å². The second-order valence-corrected chi connectivity index (χ2v) is 6.39. The van der Waals surface area contributed by atoms with Crippen LogP contribution in [0.15, 0.2) is 54.6 Å². The summed E-state index contributed by atoms with van der Waals surface area (Å²) in [4.78, 5) is 24.9. The summed E-state index contributed by atoms with van der Waals surface area (Å²) in [5.41, 5.74) is 3.52. The van der Waals surface area contributed by atoms with Gasteiger partial charge in [0.15, 0.2) is 0 Å². The molecule has 0 amide bonds. The summed E-state index contributed by atoms with van der Waals surface area (Å²) >= 11 is 6.01. The standard InChI is InChI=1S/C21H18ClNO4/c1-13-4-6-14(7-5-13)18-12-17(20(24)26-2)19(21(25)27-3)23(18)16-10-8-15(22)9-11-16/h4-12H,1-3H3. The number of hydrogen-bond donors (Lipinski definition) is 0. The molecule has 2 aromatic carbocycles. The summed E-state index contributed by atoms with van der Waals surface area (Å²) in [5.74, 6) is -1.25. The van der Waals surface area contributed by atoms with Crippen LogP contribution in [-0.2, 0) is 9.47 Å². The fourth-order valence-corrected chi connectivity index (χ4v) is 3.00. The Morgan fingerprint density at radius 2 is 1.48 bits per heavy atom. The van der Waals surface area contributed by atoms with Gasteiger partial charge in [-0.25, -0.2) is 9.59 Å². The highest BCUT2D eigenvalue weighted by Gasteiger charge is 2.28. The number of nitrogens with zero attached hydrogens (tertiary/aromatic N) is 1. The van der Waals surface area contributed by atoms with Crippen LogP contribution in [0.1, 0.15) is 26.4 Å². The molecule has 1 heterocycles. The van der Waals surface area contributed by atoms with Gasteiger partial charge in [0.05, 0.1) is 25.5 Å². The van der Waals surface area contributed by atoms with E-state index in [0.717, 1.165) is 11.1 Å². The normalized spacial score (nSPS) is 10.5. The number of aryl methyl sites for hydroxylation is 1. The minimum absolute atomic E-state index is 0.0993. The predicted molar refractivity (Wildman–Crippen MR) is 104 cm³/mol. The summed E-state index contributed by atoms with van der Waals surface area (Å²) in [6.07, 6.45) is 0. The van der Waals surface area contributed by atoms with Gasteiger partial charge in [0.2, 0.25) is 0 Å². The van der Waals surface area contributed by atoms with E-state index in [1.165, 1.54) is 14.2 Å². The molecule has 3 aromatic rings. The van der Waals surface area contributed by atoms with Crippen molar-refractivity contribution in [3.8, 4) is 16.9 Å². The molecule has 5 nitrogen and oxygen atoms in total. The Kier molecular flexibility index (Phi) is 5.33. The van der Waals surface area contributed by atoms with Gasteiger partial charge in [-0.15, -0.1) is 0 Å². The third-order valence-electron chi connectivity index (χ3n) is 4.22. The molecule has 6 heteroatoms. The van der Waals surface area contributed by atoms with Crippen LogP contribution in [0.5, 0.6) is 0 Å². The van der Waals surface area contributed by atoms with E-state index in [-0.39, 0.29) is 11.3 Å². The summed E-state index contributed by atoms with van der Waals surface area (Å²) < 4.78 is 11.5. The summed E-state index contributed by atoms with van der Waals surface area (Å²) in [7, 11) is 2.54. The zero-order valence-corrected chi connectivity index (χ0v) is 15.9. The lowest BCUT2D eigenvalue weighted by Gasteiger charge is -2.13. The monoisotopic (exact) mass is 383 g/mol. The van der Waals surface area contributed by atoms with Crippen LogP contribution in [0.25, 0.3) is 16.9 Å². The van der Waals surface area contributed by atoms with Gasteiger partial charge in [-0.1, -0.05) is 41.4 Å². The zero-order valence-electron chi connectivity index (χ0n) is 15.2. The molecule has 3 rings (SSSR count). The molecular weight excluding hydrogens is 366 g/mol. The lowest BCUT2D eigenvalue weighted by Crippen LogP contribution is -2.15. The van der Waals surface area contributed by atoms with Crippen LogP contribution in [0, 0.1) is 6.92 Å². The number of esters is 2. The number of rotatable bonds is 4. The second kappa shape index (κ2) is 7.68. The first-order valence-corrected chi connectivity index (χ1v) is 8.59. The second-order valence-electron chi connectivity index (χ2n) is 5.95. The van der Waals surface area contributed by atoms with E-state index in [1.54, 1.807) is 34.9 Å². The molecule has 27 heavy (non-hydrogen) atoms. The first-order chi connectivity index (χ1) is 13.0. The fourth-order valence-electron chi connectivity index (χ4n) is 2.87. The minimum atomic E-state index is -0.635. The molecule has 0 saturated carbocycles. The summed E-state index contributed by atoms with van der Waals surface area (Å²) in [6.45, 7) is 1.99. The van der Waals surface area contributed by atoms with Gasteiger partial charge in [0.25, 0.3) is 0 Å². The maximum absolute atomic E-state index is 12.5. The Bertz CT molecular complexity index is 988. The van der Waals surface area contributed by atoms with Crippen molar-refractivity contribution in [2.24, 2.45) is 0 Å². The van der Waals surface area contributed by atoms with Crippen molar-refractivity contribution >= 4 is 23.5 Å². The van der Waals surface area contributed by atoms with Crippen LogP contribution in [0.4, 0.5) is 0 Å². The molecule has 0 aliphatic rings. The summed E-state index contributed by atoms with van der Waals surface area (Å²) in [5, 5.41) is 0.565. The predicted octanol–water partition coefficient (Wildman–Crippen LogP) is 4.68. The number of halogens is 1. The minimum Gasteiger partial charge on any atom is -0.465 e. The average Bonchev–Trinajstić information content (AvgIpc) is 3.08. The highest BCUT2D eigenvalue weighted by atomic mass is 35.5. The van der Waals surface area contributed by atoms with Crippen molar-refractivity contribution in [3.63, 3.8) is 0 Å². The van der Waals surface area contributed by atoms with Crippen molar-refractivity contribution in [2.75, 3.05) is 14.2 Å². The maximum Gasteiger partial charge on any atom is 0.355 e. The molecule has 0 spiro atoms. The number of carbonyl (C=O) groups excluding carboxylic acids is 2. The molecule has 0 atom stereocenters. The van der Waals surface area contributed by atoms with Gasteiger partial charge in [-0.05, 0) is 42.8 Å². The Labute approximate surface area is 162 Å². The van der Waals surface area contributed by atoms with Crippen LogP contribution in [0.2, 0.25) is 5.02 Å². The molecule has 0 saturated heterocycles. The largest absolute Gasteiger partial charge is 0.465 e. The molecule has 0 bridgehead atoms. The van der Waals surface area contributed by atoms with Crippen LogP contribution < -0.4 is 0 Å². The highest BCUT2D eigenvalue weighted by molar-refractivity contribution is 6.30. The number of ether oxygens (including phenoxy) is 2. The van der Waals surface area contributed by atoms with Crippen molar-refractivity contribution < 1.29 is 19.1 Å². The van der Waals surface area contributed by atoms with Gasteiger partial charge in [-0.3, -0.25) is 0 Å². The van der Waals surface area contributed by atoms with Gasteiger partial charge in [0.1, 0.15) is 5.69 Å². The third kappa shape index (κ3) is 3.59. The van der Waals surface area contributed by atoms with E-state index < -0.39 is 11.9 Å². The van der Waals surface area contributed by atoms with Crippen LogP contribution in [-0.4, -0.2) is 30.7 Å². The maximum atomic E-state index is 12.5. The van der Waals surface area contributed by atoms with E-state index in [2.05, 4.69) is 0 Å². The first kappa shape index (κ1) is 18.7. The third-order valence-corrected chi connectivity index (χ3v) is 4.47. The summed E-state index contributed by atoms with van der Waals surface area (Å²) in [6, 6.07) is 16.4.